The maximum absolute atomic E-state index is 11.6. The summed E-state index contributed by atoms with van der Waals surface area (Å²) >= 11 is 1.44. The van der Waals surface area contributed by atoms with Gasteiger partial charge in [-0.1, -0.05) is 20.8 Å². The van der Waals surface area contributed by atoms with Crippen LogP contribution in [0.4, 0.5) is 0 Å². The minimum absolute atomic E-state index is 0.0802. The highest BCUT2D eigenvalue weighted by Crippen LogP contribution is 2.32. The fraction of sp³-hybridized carbons (Fsp3) is 0.818. The third-order valence-corrected chi connectivity index (χ3v) is 3.58. The Bertz CT molecular complexity index is 270. The van der Waals surface area contributed by atoms with Crippen molar-refractivity contribution in [2.75, 3.05) is 12.4 Å². The number of carboxylic acid groups (broad SMARTS) is 1. The van der Waals surface area contributed by atoms with E-state index >= 15 is 0 Å². The summed E-state index contributed by atoms with van der Waals surface area (Å²) < 4.78 is 4.72. The first-order valence-electron chi connectivity index (χ1n) is 5.18. The van der Waals surface area contributed by atoms with E-state index in [1.165, 1.54) is 18.7 Å². The van der Waals surface area contributed by atoms with Crippen molar-refractivity contribution < 1.29 is 19.4 Å². The van der Waals surface area contributed by atoms with Crippen LogP contribution in [0, 0.1) is 5.41 Å². The van der Waals surface area contributed by atoms with Crippen molar-refractivity contribution in [1.82, 2.24) is 0 Å². The fourth-order valence-electron chi connectivity index (χ4n) is 0.859. The van der Waals surface area contributed by atoms with E-state index in [1.54, 1.807) is 6.92 Å². The number of carboxylic acids is 1. The monoisotopic (exact) mass is 248 g/mol. The molecule has 0 radical (unpaired) electrons. The number of ether oxygens (including phenoxy) is 1. The first-order chi connectivity index (χ1) is 7.13. The molecule has 0 saturated heterocycles. The molecule has 0 amide bonds. The number of esters is 1. The maximum atomic E-state index is 11.6. The van der Waals surface area contributed by atoms with Gasteiger partial charge in [0.25, 0.3) is 0 Å². The molecule has 0 aliphatic rings. The van der Waals surface area contributed by atoms with E-state index in [-0.39, 0.29) is 17.1 Å². The smallest absolute Gasteiger partial charge is 0.324 e. The Kier molecular flexibility index (Phi) is 5.32. The van der Waals surface area contributed by atoms with Gasteiger partial charge in [-0.25, -0.2) is 0 Å². The van der Waals surface area contributed by atoms with Crippen LogP contribution in [0.2, 0.25) is 0 Å². The molecule has 0 aliphatic carbocycles. The summed E-state index contributed by atoms with van der Waals surface area (Å²) in [5.41, 5.74) is -1.46. The molecule has 5 heteroatoms. The number of aliphatic carboxylic acids is 1. The number of hydrogen-bond donors (Lipinski definition) is 1. The Hall–Kier alpha value is -0.710. The van der Waals surface area contributed by atoms with Gasteiger partial charge >= 0.3 is 11.9 Å². The average Bonchev–Trinajstić information content (AvgIpc) is 2.13. The van der Waals surface area contributed by atoms with Crippen LogP contribution in [-0.2, 0) is 14.3 Å². The van der Waals surface area contributed by atoms with Gasteiger partial charge in [-0.15, -0.1) is 0 Å². The van der Waals surface area contributed by atoms with Crippen molar-refractivity contribution in [3.8, 4) is 0 Å². The molecule has 16 heavy (non-hydrogen) atoms. The first-order valence-corrected chi connectivity index (χ1v) is 6.16. The molecule has 0 aromatic rings. The second kappa shape index (κ2) is 5.57. The van der Waals surface area contributed by atoms with Gasteiger partial charge in [0, 0.05) is 10.5 Å². The summed E-state index contributed by atoms with van der Waals surface area (Å²) in [5.74, 6) is -1.59. The Morgan fingerprint density at radius 1 is 1.25 bits per heavy atom. The molecule has 0 bridgehead atoms. The fourth-order valence-corrected chi connectivity index (χ4v) is 1.82. The van der Waals surface area contributed by atoms with Crippen molar-refractivity contribution in [2.24, 2.45) is 5.41 Å². The van der Waals surface area contributed by atoms with Gasteiger partial charge in [-0.05, 0) is 13.8 Å². The highest BCUT2D eigenvalue weighted by molar-refractivity contribution is 8.00. The quantitative estimate of drug-likeness (QED) is 0.596. The number of carbonyl (C=O) groups is 2. The van der Waals surface area contributed by atoms with Crippen LogP contribution in [0.15, 0.2) is 0 Å². The molecule has 1 N–H and O–H groups in total. The lowest BCUT2D eigenvalue weighted by atomic mass is 9.94. The molecule has 0 rings (SSSR count). The lowest BCUT2D eigenvalue weighted by Gasteiger charge is -2.26. The molecular weight excluding hydrogens is 228 g/mol. The maximum Gasteiger partial charge on any atom is 0.324 e. The van der Waals surface area contributed by atoms with Gasteiger partial charge in [0.05, 0.1) is 6.61 Å². The van der Waals surface area contributed by atoms with E-state index in [9.17, 15) is 9.59 Å². The predicted octanol–water partition coefficient (Wildman–Crippen LogP) is 2.17. The molecule has 1 atom stereocenters. The number of carbonyl (C=O) groups excluding carboxylic acids is 1. The van der Waals surface area contributed by atoms with Gasteiger partial charge in [-0.2, -0.15) is 11.8 Å². The van der Waals surface area contributed by atoms with Gasteiger partial charge in [0.15, 0.2) is 5.41 Å². The average molecular weight is 248 g/mol. The second-order valence-corrected chi connectivity index (χ2v) is 6.56. The third kappa shape index (κ3) is 4.43. The van der Waals surface area contributed by atoms with Crippen molar-refractivity contribution in [2.45, 2.75) is 39.4 Å². The van der Waals surface area contributed by atoms with Crippen LogP contribution < -0.4 is 0 Å². The normalized spacial score (nSPS) is 15.3. The van der Waals surface area contributed by atoms with Crippen LogP contribution in [0.1, 0.15) is 34.6 Å². The van der Waals surface area contributed by atoms with Gasteiger partial charge in [0.1, 0.15) is 0 Å². The first kappa shape index (κ1) is 15.3. The van der Waals surface area contributed by atoms with E-state index in [1.807, 2.05) is 20.8 Å². The Morgan fingerprint density at radius 3 is 2.06 bits per heavy atom. The number of rotatable bonds is 5. The van der Waals surface area contributed by atoms with E-state index in [2.05, 4.69) is 0 Å². The Morgan fingerprint density at radius 2 is 1.75 bits per heavy atom. The summed E-state index contributed by atoms with van der Waals surface area (Å²) in [6.07, 6.45) is 0. The highest BCUT2D eigenvalue weighted by Gasteiger charge is 2.43. The largest absolute Gasteiger partial charge is 0.480 e. The summed E-state index contributed by atoms with van der Waals surface area (Å²) in [7, 11) is 0. The zero-order chi connectivity index (χ0) is 13.0. The molecule has 0 saturated carbocycles. The van der Waals surface area contributed by atoms with Gasteiger partial charge in [-0.3, -0.25) is 9.59 Å². The molecular formula is C11H20O4S. The SMILES string of the molecule is CCOC(=O)[C@@](C)(CSC(C)(C)C)C(=O)O. The Balaban J connectivity index is 4.71. The zero-order valence-corrected chi connectivity index (χ0v) is 11.3. The molecule has 0 fully saturated rings. The molecule has 94 valence electrons. The van der Waals surface area contributed by atoms with Gasteiger partial charge in [0.2, 0.25) is 0 Å². The van der Waals surface area contributed by atoms with Gasteiger partial charge < -0.3 is 9.84 Å². The zero-order valence-electron chi connectivity index (χ0n) is 10.5. The molecule has 0 aromatic carbocycles. The Labute approximate surface area is 101 Å². The van der Waals surface area contributed by atoms with Crippen LogP contribution in [0.5, 0.6) is 0 Å². The summed E-state index contributed by atoms with van der Waals surface area (Å²) in [6.45, 7) is 9.20. The summed E-state index contributed by atoms with van der Waals surface area (Å²) in [4.78, 5) is 22.7. The minimum atomic E-state index is -1.46. The standard InChI is InChI=1S/C11H20O4S/c1-6-15-9(14)11(5,8(12)13)7-16-10(2,3)4/h6-7H2,1-5H3,(H,12,13)/t11-/m0/s1. The molecule has 0 aromatic heterocycles. The number of hydrogen-bond acceptors (Lipinski definition) is 4. The van der Waals surface area contributed by atoms with Crippen LogP contribution in [0.3, 0.4) is 0 Å². The molecule has 0 spiro atoms. The molecule has 0 unspecified atom stereocenters. The van der Waals surface area contributed by atoms with Crippen molar-refractivity contribution in [3.05, 3.63) is 0 Å². The molecule has 0 heterocycles. The molecule has 4 nitrogen and oxygen atoms in total. The van der Waals surface area contributed by atoms with Crippen LogP contribution in [-0.4, -0.2) is 34.2 Å². The van der Waals surface area contributed by atoms with E-state index < -0.39 is 17.4 Å². The van der Waals surface area contributed by atoms with Crippen LogP contribution >= 0.6 is 11.8 Å². The van der Waals surface area contributed by atoms with Crippen molar-refractivity contribution in [1.29, 1.82) is 0 Å². The predicted molar refractivity (Wildman–Crippen MR) is 64.6 cm³/mol. The van der Waals surface area contributed by atoms with E-state index in [4.69, 9.17) is 9.84 Å². The molecule has 0 aliphatic heterocycles. The summed E-state index contributed by atoms with van der Waals surface area (Å²) in [6, 6.07) is 0. The summed E-state index contributed by atoms with van der Waals surface area (Å²) in [5, 5.41) is 9.11. The topological polar surface area (TPSA) is 63.6 Å². The number of thioether (sulfide) groups is 1. The highest BCUT2D eigenvalue weighted by atomic mass is 32.2. The van der Waals surface area contributed by atoms with E-state index in [0.29, 0.717) is 0 Å². The van der Waals surface area contributed by atoms with E-state index in [0.717, 1.165) is 0 Å². The van der Waals surface area contributed by atoms with Crippen molar-refractivity contribution >= 4 is 23.7 Å². The lowest BCUT2D eigenvalue weighted by Crippen LogP contribution is -2.41. The van der Waals surface area contributed by atoms with Crippen LogP contribution in [0.25, 0.3) is 0 Å². The third-order valence-electron chi connectivity index (χ3n) is 1.99. The second-order valence-electron chi connectivity index (χ2n) is 4.76. The lowest BCUT2D eigenvalue weighted by molar-refractivity contribution is -0.165. The minimum Gasteiger partial charge on any atom is -0.480 e. The van der Waals surface area contributed by atoms with Crippen molar-refractivity contribution in [3.63, 3.8) is 0 Å².